The van der Waals surface area contributed by atoms with E-state index in [4.69, 9.17) is 10.00 Å². The molecule has 2 aromatic carbocycles. The molecule has 1 fully saturated rings. The lowest BCUT2D eigenvalue weighted by molar-refractivity contribution is -0.110. The van der Waals surface area contributed by atoms with E-state index in [1.54, 1.807) is 24.4 Å². The number of carbonyl (C=O) groups excluding carboxylic acids is 1. The summed E-state index contributed by atoms with van der Waals surface area (Å²) in [6.45, 7) is 3.31. The van der Waals surface area contributed by atoms with Gasteiger partial charge in [0, 0.05) is 41.9 Å². The highest BCUT2D eigenvalue weighted by atomic mass is 16.5. The number of hydrogen-bond donors (Lipinski definition) is 2. The first-order chi connectivity index (χ1) is 12.7. The highest BCUT2D eigenvalue weighted by molar-refractivity contribution is 6.31. The van der Waals surface area contributed by atoms with Gasteiger partial charge in [-0.25, -0.2) is 0 Å². The van der Waals surface area contributed by atoms with Crippen LogP contribution in [0.5, 0.6) is 0 Å². The minimum absolute atomic E-state index is 0.174. The number of hydrogen-bond acceptors (Lipinski definition) is 5. The van der Waals surface area contributed by atoms with Crippen molar-refractivity contribution in [1.82, 2.24) is 0 Å². The van der Waals surface area contributed by atoms with Crippen molar-refractivity contribution in [2.45, 2.75) is 0 Å². The number of nitriles is 1. The van der Waals surface area contributed by atoms with E-state index in [9.17, 15) is 4.79 Å². The van der Waals surface area contributed by atoms with Crippen molar-refractivity contribution in [3.8, 4) is 6.07 Å². The lowest BCUT2D eigenvalue weighted by atomic mass is 10.1. The van der Waals surface area contributed by atoms with Gasteiger partial charge in [-0.1, -0.05) is 0 Å². The maximum Gasteiger partial charge on any atom is 0.257 e. The minimum atomic E-state index is -0.174. The second-order valence-electron chi connectivity index (χ2n) is 6.17. The second kappa shape index (κ2) is 6.90. The molecule has 6 heteroatoms. The van der Waals surface area contributed by atoms with E-state index in [2.05, 4.69) is 33.7 Å². The second-order valence-corrected chi connectivity index (χ2v) is 6.17. The van der Waals surface area contributed by atoms with Crippen molar-refractivity contribution < 1.29 is 9.53 Å². The maximum atomic E-state index is 12.2. The van der Waals surface area contributed by atoms with Crippen LogP contribution >= 0.6 is 0 Å². The molecule has 1 amide bonds. The highest BCUT2D eigenvalue weighted by Crippen LogP contribution is 2.32. The summed E-state index contributed by atoms with van der Waals surface area (Å²) in [7, 11) is 0. The molecule has 0 radical (unpaired) electrons. The van der Waals surface area contributed by atoms with E-state index in [1.807, 2.05) is 12.1 Å². The Morgan fingerprint density at radius 1 is 1.15 bits per heavy atom. The Hall–Kier alpha value is -3.30. The van der Waals surface area contributed by atoms with Crippen LogP contribution in [-0.2, 0) is 9.53 Å². The average molecular weight is 346 g/mol. The van der Waals surface area contributed by atoms with Crippen LogP contribution in [0.2, 0.25) is 0 Å². The van der Waals surface area contributed by atoms with Crippen LogP contribution in [0, 0.1) is 11.3 Å². The normalized spacial score (nSPS) is 17.6. The Morgan fingerprint density at radius 2 is 1.92 bits per heavy atom. The first-order valence-corrected chi connectivity index (χ1v) is 8.50. The zero-order valence-corrected chi connectivity index (χ0v) is 14.2. The third kappa shape index (κ3) is 3.13. The van der Waals surface area contributed by atoms with Gasteiger partial charge in [-0.2, -0.15) is 5.26 Å². The number of ether oxygens (including phenoxy) is 1. The summed E-state index contributed by atoms with van der Waals surface area (Å²) in [5.74, 6) is -0.174. The molecule has 2 aliphatic rings. The summed E-state index contributed by atoms with van der Waals surface area (Å²) in [4.78, 5) is 14.5. The van der Waals surface area contributed by atoms with E-state index < -0.39 is 0 Å². The molecule has 130 valence electrons. The Morgan fingerprint density at radius 3 is 2.65 bits per heavy atom. The number of amides is 1. The predicted molar refractivity (Wildman–Crippen MR) is 101 cm³/mol. The van der Waals surface area contributed by atoms with E-state index in [0.29, 0.717) is 11.1 Å². The lowest BCUT2D eigenvalue weighted by Crippen LogP contribution is -2.36. The first kappa shape index (κ1) is 16.2. The van der Waals surface area contributed by atoms with Crippen molar-refractivity contribution in [3.63, 3.8) is 0 Å². The van der Waals surface area contributed by atoms with Gasteiger partial charge in [-0.3, -0.25) is 4.79 Å². The number of anilines is 3. The SMILES string of the molecule is N#Cc1ccc2c(c1)C(=CNc1ccc(N3CCOCC3)cc1)C(=O)N2. The molecule has 0 saturated carbocycles. The molecule has 26 heavy (non-hydrogen) atoms. The summed E-state index contributed by atoms with van der Waals surface area (Å²) in [5.41, 5.74) is 4.58. The number of morpholine rings is 1. The summed E-state index contributed by atoms with van der Waals surface area (Å²) in [6, 6.07) is 15.4. The molecule has 0 aliphatic carbocycles. The van der Waals surface area contributed by atoms with Crippen LogP contribution in [0.3, 0.4) is 0 Å². The van der Waals surface area contributed by atoms with Crippen LogP contribution in [0.4, 0.5) is 17.1 Å². The molecule has 2 aromatic rings. The smallest absolute Gasteiger partial charge is 0.257 e. The molecule has 2 aliphatic heterocycles. The molecular weight excluding hydrogens is 328 g/mol. The summed E-state index contributed by atoms with van der Waals surface area (Å²) < 4.78 is 5.38. The highest BCUT2D eigenvalue weighted by Gasteiger charge is 2.24. The number of nitrogens with zero attached hydrogens (tertiary/aromatic N) is 2. The molecule has 0 atom stereocenters. The molecule has 0 spiro atoms. The minimum Gasteiger partial charge on any atom is -0.378 e. The van der Waals surface area contributed by atoms with E-state index in [1.165, 1.54) is 0 Å². The zero-order chi connectivity index (χ0) is 17.9. The van der Waals surface area contributed by atoms with Crippen molar-refractivity contribution in [1.29, 1.82) is 5.26 Å². The van der Waals surface area contributed by atoms with Gasteiger partial charge in [0.2, 0.25) is 0 Å². The topological polar surface area (TPSA) is 77.4 Å². The fourth-order valence-electron chi connectivity index (χ4n) is 3.15. The Labute approximate surface area is 151 Å². The number of nitrogens with one attached hydrogen (secondary N) is 2. The molecule has 0 aromatic heterocycles. The monoisotopic (exact) mass is 346 g/mol. The van der Waals surface area contributed by atoms with Crippen LogP contribution in [0.15, 0.2) is 48.7 Å². The molecule has 0 unspecified atom stereocenters. The molecular formula is C20H18N4O2. The van der Waals surface area contributed by atoms with Crippen LogP contribution in [-0.4, -0.2) is 32.2 Å². The zero-order valence-electron chi connectivity index (χ0n) is 14.2. The molecule has 6 nitrogen and oxygen atoms in total. The summed E-state index contributed by atoms with van der Waals surface area (Å²) in [5, 5.41) is 15.0. The summed E-state index contributed by atoms with van der Waals surface area (Å²) in [6.07, 6.45) is 1.69. The van der Waals surface area contributed by atoms with E-state index in [0.717, 1.165) is 48.9 Å². The number of benzene rings is 2. The molecule has 0 bridgehead atoms. The van der Waals surface area contributed by atoms with Gasteiger partial charge in [0.05, 0.1) is 30.4 Å². The molecule has 4 rings (SSSR count). The predicted octanol–water partition coefficient (Wildman–Crippen LogP) is 2.80. The Kier molecular flexibility index (Phi) is 4.30. The van der Waals surface area contributed by atoms with Crippen molar-refractivity contribution in [2.75, 3.05) is 41.8 Å². The lowest BCUT2D eigenvalue weighted by Gasteiger charge is -2.28. The third-order valence-corrected chi connectivity index (χ3v) is 4.56. The Bertz CT molecular complexity index is 906. The fraction of sp³-hybridized carbons (Fsp3) is 0.200. The van der Waals surface area contributed by atoms with Gasteiger partial charge in [0.15, 0.2) is 0 Å². The van der Waals surface area contributed by atoms with E-state index in [-0.39, 0.29) is 5.91 Å². The van der Waals surface area contributed by atoms with Gasteiger partial charge in [-0.15, -0.1) is 0 Å². The van der Waals surface area contributed by atoms with Crippen LogP contribution < -0.4 is 15.5 Å². The van der Waals surface area contributed by atoms with Crippen molar-refractivity contribution >= 4 is 28.5 Å². The first-order valence-electron chi connectivity index (χ1n) is 8.50. The largest absolute Gasteiger partial charge is 0.378 e. The van der Waals surface area contributed by atoms with E-state index >= 15 is 0 Å². The third-order valence-electron chi connectivity index (χ3n) is 4.56. The van der Waals surface area contributed by atoms with Gasteiger partial charge < -0.3 is 20.3 Å². The number of carbonyl (C=O) groups is 1. The van der Waals surface area contributed by atoms with Crippen LogP contribution in [0.25, 0.3) is 5.57 Å². The molecule has 1 saturated heterocycles. The van der Waals surface area contributed by atoms with Crippen molar-refractivity contribution in [3.05, 3.63) is 59.8 Å². The fourth-order valence-corrected chi connectivity index (χ4v) is 3.15. The number of rotatable bonds is 3. The molecule has 2 heterocycles. The van der Waals surface area contributed by atoms with Gasteiger partial charge in [0.25, 0.3) is 5.91 Å². The Balaban J connectivity index is 1.52. The van der Waals surface area contributed by atoms with Gasteiger partial charge in [-0.05, 0) is 42.5 Å². The van der Waals surface area contributed by atoms with Gasteiger partial charge >= 0.3 is 0 Å². The standard InChI is InChI=1S/C20H18N4O2/c21-12-14-1-6-19-17(11-14)18(20(25)23-19)13-22-15-2-4-16(5-3-15)24-7-9-26-10-8-24/h1-6,11,13,22H,7-10H2,(H,23,25). The maximum absolute atomic E-state index is 12.2. The summed E-state index contributed by atoms with van der Waals surface area (Å²) >= 11 is 0. The average Bonchev–Trinajstić information content (AvgIpc) is 3.01. The number of fused-ring (bicyclic) bond motifs is 1. The van der Waals surface area contributed by atoms with Crippen LogP contribution in [0.1, 0.15) is 11.1 Å². The van der Waals surface area contributed by atoms with Gasteiger partial charge in [0.1, 0.15) is 0 Å². The van der Waals surface area contributed by atoms with Crippen molar-refractivity contribution in [2.24, 2.45) is 0 Å². The molecule has 2 N–H and O–H groups in total. The quantitative estimate of drug-likeness (QED) is 0.836.